The Kier molecular flexibility index (Phi) is 4.33. The topological polar surface area (TPSA) is 83.5 Å². The Balaban J connectivity index is 1.53. The molecule has 0 aliphatic heterocycles. The van der Waals surface area contributed by atoms with Gasteiger partial charge in [-0.1, -0.05) is 44.2 Å². The monoisotopic (exact) mass is 391 g/mol. The number of aliphatic hydroxyl groups is 1. The summed E-state index contributed by atoms with van der Waals surface area (Å²) in [5, 5.41) is 11.2. The fraction of sp³-hybridized carbons (Fsp3) is 0.667. The van der Waals surface area contributed by atoms with Crippen LogP contribution >= 0.6 is 0 Å². The first-order chi connectivity index (χ1) is 12.6. The van der Waals surface area contributed by atoms with E-state index in [2.05, 4.69) is 4.72 Å². The van der Waals surface area contributed by atoms with Crippen LogP contribution in [0.3, 0.4) is 0 Å². The minimum atomic E-state index is -3.69. The molecule has 3 atom stereocenters. The van der Waals surface area contributed by atoms with E-state index in [1.54, 1.807) is 0 Å². The number of nitrogens with one attached hydrogen (secondary N) is 1. The van der Waals surface area contributed by atoms with Gasteiger partial charge in [0.05, 0.1) is 5.75 Å². The van der Waals surface area contributed by atoms with Crippen LogP contribution in [0.5, 0.6) is 0 Å². The molecular weight excluding hydrogens is 362 g/mol. The van der Waals surface area contributed by atoms with Crippen molar-refractivity contribution in [3.63, 3.8) is 0 Å². The van der Waals surface area contributed by atoms with Crippen molar-refractivity contribution in [3.8, 4) is 0 Å². The molecule has 5 nitrogen and oxygen atoms in total. The van der Waals surface area contributed by atoms with Gasteiger partial charge in [-0.15, -0.1) is 0 Å². The first kappa shape index (κ1) is 19.1. The number of sulfonamides is 1. The van der Waals surface area contributed by atoms with Gasteiger partial charge in [0.25, 0.3) is 0 Å². The lowest BCUT2D eigenvalue weighted by atomic mass is 9.70. The predicted octanol–water partition coefficient (Wildman–Crippen LogP) is 2.60. The molecule has 3 saturated carbocycles. The maximum absolute atomic E-state index is 12.9. The minimum absolute atomic E-state index is 0.0435. The van der Waals surface area contributed by atoms with Crippen molar-refractivity contribution >= 4 is 15.8 Å². The van der Waals surface area contributed by atoms with Crippen molar-refractivity contribution in [3.05, 3.63) is 35.9 Å². The Morgan fingerprint density at radius 1 is 1.19 bits per heavy atom. The number of carbonyl (C=O) groups is 1. The second-order valence-electron chi connectivity index (χ2n) is 9.31. The summed E-state index contributed by atoms with van der Waals surface area (Å²) in [7, 11) is -3.69. The lowest BCUT2D eigenvalue weighted by Gasteiger charge is -2.36. The van der Waals surface area contributed by atoms with Crippen LogP contribution in [-0.2, 0) is 20.4 Å². The molecular formula is C21H29NO4S. The summed E-state index contributed by atoms with van der Waals surface area (Å²) < 4.78 is 28.6. The highest BCUT2D eigenvalue weighted by Gasteiger charge is 2.65. The van der Waals surface area contributed by atoms with Crippen LogP contribution in [0.4, 0.5) is 0 Å². The average Bonchev–Trinajstić information content (AvgIpc) is 3.42. The van der Waals surface area contributed by atoms with Gasteiger partial charge in [-0.2, -0.15) is 0 Å². The molecule has 2 bridgehead atoms. The average molecular weight is 392 g/mol. The quantitative estimate of drug-likeness (QED) is 0.748. The zero-order valence-corrected chi connectivity index (χ0v) is 16.9. The van der Waals surface area contributed by atoms with E-state index in [0.29, 0.717) is 12.8 Å². The molecule has 0 unspecified atom stereocenters. The molecule has 1 aromatic rings. The van der Waals surface area contributed by atoms with Crippen molar-refractivity contribution < 1.29 is 18.3 Å². The predicted molar refractivity (Wildman–Crippen MR) is 103 cm³/mol. The molecule has 0 radical (unpaired) electrons. The highest BCUT2D eigenvalue weighted by molar-refractivity contribution is 7.89. The van der Waals surface area contributed by atoms with Gasteiger partial charge in [0.2, 0.25) is 10.0 Å². The second kappa shape index (κ2) is 6.13. The third-order valence-corrected chi connectivity index (χ3v) is 9.12. The van der Waals surface area contributed by atoms with Gasteiger partial charge < -0.3 is 5.11 Å². The summed E-state index contributed by atoms with van der Waals surface area (Å²) in [4.78, 5) is 12.7. The van der Waals surface area contributed by atoms with E-state index in [1.807, 2.05) is 44.2 Å². The van der Waals surface area contributed by atoms with Gasteiger partial charge in [-0.25, -0.2) is 13.1 Å². The van der Waals surface area contributed by atoms with Crippen LogP contribution in [-0.4, -0.2) is 31.6 Å². The van der Waals surface area contributed by atoms with E-state index in [4.69, 9.17) is 0 Å². The molecule has 6 heteroatoms. The highest BCUT2D eigenvalue weighted by Crippen LogP contribution is 2.64. The van der Waals surface area contributed by atoms with Crippen LogP contribution in [0.15, 0.2) is 30.3 Å². The van der Waals surface area contributed by atoms with Crippen molar-refractivity contribution in [1.29, 1.82) is 0 Å². The van der Waals surface area contributed by atoms with Crippen LogP contribution in [0.2, 0.25) is 0 Å². The molecule has 27 heavy (non-hydrogen) atoms. The second-order valence-corrected chi connectivity index (χ2v) is 11.1. The fourth-order valence-electron chi connectivity index (χ4n) is 5.47. The van der Waals surface area contributed by atoms with Crippen molar-refractivity contribution in [2.45, 2.75) is 51.6 Å². The Labute approximate surface area is 161 Å². The SMILES string of the molecule is CC1(C)[C@H]2CC[C@@]1(CS(=O)(=O)NC[C@](O)(c1ccccc1)C1CC1)C(=O)C2. The molecule has 4 rings (SSSR count). The first-order valence-electron chi connectivity index (χ1n) is 9.89. The Hall–Kier alpha value is -1.24. The number of ketones is 1. The Bertz CT molecular complexity index is 846. The van der Waals surface area contributed by atoms with Gasteiger partial charge >= 0.3 is 0 Å². The third kappa shape index (κ3) is 2.97. The van der Waals surface area contributed by atoms with Gasteiger partial charge in [-0.3, -0.25) is 4.79 Å². The van der Waals surface area contributed by atoms with Gasteiger partial charge in [0.15, 0.2) is 0 Å². The number of benzene rings is 1. The van der Waals surface area contributed by atoms with E-state index in [9.17, 15) is 18.3 Å². The minimum Gasteiger partial charge on any atom is -0.383 e. The third-order valence-electron chi connectivity index (χ3n) is 7.66. The van der Waals surface area contributed by atoms with Crippen LogP contribution in [0.1, 0.15) is 51.5 Å². The molecule has 2 N–H and O–H groups in total. The molecule has 0 heterocycles. The summed E-state index contributed by atoms with van der Waals surface area (Å²) in [6.45, 7) is 4.03. The van der Waals surface area contributed by atoms with E-state index >= 15 is 0 Å². The number of hydrogen-bond acceptors (Lipinski definition) is 4. The van der Waals surface area contributed by atoms with Gasteiger partial charge in [0.1, 0.15) is 11.4 Å². The molecule has 0 saturated heterocycles. The number of carbonyl (C=O) groups excluding carboxylic acids is 1. The summed E-state index contributed by atoms with van der Waals surface area (Å²) in [5.41, 5.74) is -1.52. The van der Waals surface area contributed by atoms with Crippen molar-refractivity contribution in [2.75, 3.05) is 12.3 Å². The van der Waals surface area contributed by atoms with Crippen molar-refractivity contribution in [2.24, 2.45) is 22.7 Å². The molecule has 148 valence electrons. The number of rotatable bonds is 7. The van der Waals surface area contributed by atoms with Crippen molar-refractivity contribution in [1.82, 2.24) is 4.72 Å². The largest absolute Gasteiger partial charge is 0.383 e. The van der Waals surface area contributed by atoms with Crippen LogP contribution < -0.4 is 4.72 Å². The zero-order chi connectivity index (χ0) is 19.5. The molecule has 0 amide bonds. The van der Waals surface area contributed by atoms with E-state index in [0.717, 1.165) is 24.8 Å². The maximum atomic E-state index is 12.9. The number of Topliss-reactive ketones (excluding diaryl/α,β-unsaturated/α-hetero) is 1. The van der Waals surface area contributed by atoms with E-state index in [-0.39, 0.29) is 35.3 Å². The standard InChI is InChI=1S/C21H29NO4S/c1-19(2)17-10-11-20(19,18(23)12-17)14-27(25,26)22-13-21(24,16-8-9-16)15-6-4-3-5-7-15/h3-7,16-17,22,24H,8-14H2,1-2H3/t17-,20+,21-/m0/s1. The van der Waals surface area contributed by atoms with Crippen LogP contribution in [0.25, 0.3) is 0 Å². The Morgan fingerprint density at radius 2 is 1.85 bits per heavy atom. The summed E-state index contributed by atoms with van der Waals surface area (Å²) in [5.74, 6) is 0.279. The molecule has 3 fully saturated rings. The number of hydrogen-bond donors (Lipinski definition) is 2. The lowest BCUT2D eigenvalue weighted by Crippen LogP contribution is -2.48. The van der Waals surface area contributed by atoms with Gasteiger partial charge in [0, 0.05) is 18.4 Å². The number of fused-ring (bicyclic) bond motifs is 2. The summed E-state index contributed by atoms with van der Waals surface area (Å²) >= 11 is 0. The maximum Gasteiger partial charge on any atom is 0.212 e. The van der Waals surface area contributed by atoms with Gasteiger partial charge in [-0.05, 0) is 48.5 Å². The molecule has 0 spiro atoms. The molecule has 3 aliphatic rings. The summed E-state index contributed by atoms with van der Waals surface area (Å²) in [6.07, 6.45) is 3.85. The molecule has 1 aromatic carbocycles. The smallest absolute Gasteiger partial charge is 0.212 e. The van der Waals surface area contributed by atoms with E-state index in [1.165, 1.54) is 0 Å². The zero-order valence-electron chi connectivity index (χ0n) is 16.1. The first-order valence-corrected chi connectivity index (χ1v) is 11.5. The van der Waals surface area contributed by atoms with Crippen LogP contribution in [0, 0.1) is 22.7 Å². The lowest BCUT2D eigenvalue weighted by molar-refractivity contribution is -0.128. The molecule has 3 aliphatic carbocycles. The fourth-order valence-corrected chi connectivity index (χ4v) is 7.34. The highest BCUT2D eigenvalue weighted by atomic mass is 32.2. The summed E-state index contributed by atoms with van der Waals surface area (Å²) in [6, 6.07) is 9.28. The van der Waals surface area contributed by atoms with E-state index < -0.39 is 21.0 Å². The normalized spacial score (nSPS) is 31.8. The Morgan fingerprint density at radius 3 is 2.37 bits per heavy atom. The molecule has 0 aromatic heterocycles.